The Morgan fingerprint density at radius 2 is 2.00 bits per heavy atom. The number of amides is 1. The molecular formula is C34H34ClF3N6O3. The fourth-order valence-corrected chi connectivity index (χ4v) is 8.04. The Kier molecular flexibility index (Phi) is 8.27. The molecule has 0 N–H and O–H groups in total. The Hall–Kier alpha value is -3.92. The molecule has 13 heteroatoms. The van der Waals surface area contributed by atoms with E-state index in [0.29, 0.717) is 42.5 Å². The lowest BCUT2D eigenvalue weighted by atomic mass is 9.94. The van der Waals surface area contributed by atoms with Crippen molar-refractivity contribution in [1.82, 2.24) is 19.8 Å². The summed E-state index contributed by atoms with van der Waals surface area (Å²) in [6.45, 7) is 11.8. The second-order valence-corrected chi connectivity index (χ2v) is 13.3. The molecule has 0 bridgehead atoms. The Morgan fingerprint density at radius 3 is 2.79 bits per heavy atom. The van der Waals surface area contributed by atoms with E-state index in [4.69, 9.17) is 37.6 Å². The first kappa shape index (κ1) is 31.7. The monoisotopic (exact) mass is 666 g/mol. The molecule has 1 amide bonds. The van der Waals surface area contributed by atoms with Crippen LogP contribution >= 0.6 is 11.6 Å². The minimum atomic E-state index is -2.78. The highest BCUT2D eigenvalue weighted by Gasteiger charge is 2.57. The second kappa shape index (κ2) is 12.3. The number of benzene rings is 2. The van der Waals surface area contributed by atoms with Crippen molar-refractivity contribution in [3.63, 3.8) is 0 Å². The number of anilines is 1. The van der Waals surface area contributed by atoms with Gasteiger partial charge in [0.05, 0.1) is 30.5 Å². The first-order valence-electron chi connectivity index (χ1n) is 15.8. The van der Waals surface area contributed by atoms with E-state index < -0.39 is 29.2 Å². The predicted molar refractivity (Wildman–Crippen MR) is 170 cm³/mol. The van der Waals surface area contributed by atoms with Crippen molar-refractivity contribution in [2.45, 2.75) is 55.9 Å². The summed E-state index contributed by atoms with van der Waals surface area (Å²) < 4.78 is 55.5. The zero-order chi connectivity index (χ0) is 32.9. The summed E-state index contributed by atoms with van der Waals surface area (Å²) in [7, 11) is 0. The maximum Gasteiger partial charge on any atom is 0.318 e. The van der Waals surface area contributed by atoms with Crippen LogP contribution in [0.2, 0.25) is 5.02 Å². The summed E-state index contributed by atoms with van der Waals surface area (Å²) in [5.41, 5.74) is 1.57. The van der Waals surface area contributed by atoms with Gasteiger partial charge in [-0.15, -0.1) is 0 Å². The summed E-state index contributed by atoms with van der Waals surface area (Å²) >= 11 is 6.65. The Bertz CT molecular complexity index is 1780. The predicted octanol–water partition coefficient (Wildman–Crippen LogP) is 5.77. The number of halogens is 4. The molecule has 2 aromatic carbocycles. The number of carbonyl (C=O) groups excluding carboxylic acids is 1. The molecule has 3 atom stereocenters. The zero-order valence-corrected chi connectivity index (χ0v) is 26.5. The van der Waals surface area contributed by atoms with Crippen LogP contribution in [0.3, 0.4) is 0 Å². The van der Waals surface area contributed by atoms with Gasteiger partial charge >= 0.3 is 6.01 Å². The molecular weight excluding hydrogens is 633 g/mol. The third-order valence-electron chi connectivity index (χ3n) is 9.89. The number of hydrogen-bond acceptors (Lipinski definition) is 7. The molecule has 4 aliphatic rings. The highest BCUT2D eigenvalue weighted by Crippen LogP contribution is 2.46. The van der Waals surface area contributed by atoms with Gasteiger partial charge in [0.2, 0.25) is 6.54 Å². The summed E-state index contributed by atoms with van der Waals surface area (Å²) in [5.74, 6) is -4.16. The summed E-state index contributed by atoms with van der Waals surface area (Å²) in [5, 5.41) is 2.50. The van der Waals surface area contributed by atoms with Crippen molar-refractivity contribution in [3.05, 3.63) is 82.1 Å². The number of piperazine rings is 1. The zero-order valence-electron chi connectivity index (χ0n) is 25.7. The second-order valence-electron chi connectivity index (χ2n) is 12.9. The van der Waals surface area contributed by atoms with Gasteiger partial charge in [-0.05, 0) is 36.4 Å². The fourth-order valence-electron chi connectivity index (χ4n) is 7.75. The molecule has 0 spiro atoms. The molecule has 246 valence electrons. The van der Waals surface area contributed by atoms with Gasteiger partial charge in [-0.25, -0.2) is 19.7 Å². The lowest BCUT2D eigenvalue weighted by Crippen LogP contribution is -2.57. The first-order valence-corrected chi connectivity index (χ1v) is 16.1. The van der Waals surface area contributed by atoms with E-state index in [-0.39, 0.29) is 57.9 Å². The summed E-state index contributed by atoms with van der Waals surface area (Å²) in [6.07, 6.45) is 1.15. The average molecular weight is 667 g/mol. The van der Waals surface area contributed by atoms with Crippen LogP contribution in [0.5, 0.6) is 6.01 Å². The van der Waals surface area contributed by atoms with Crippen molar-refractivity contribution >= 4 is 34.1 Å². The van der Waals surface area contributed by atoms with Gasteiger partial charge < -0.3 is 24.1 Å². The molecule has 0 radical (unpaired) electrons. The maximum absolute atomic E-state index is 14.5. The molecule has 0 saturated carbocycles. The maximum atomic E-state index is 14.5. The van der Waals surface area contributed by atoms with Gasteiger partial charge in [0.15, 0.2) is 5.83 Å². The number of hydrogen-bond donors (Lipinski definition) is 0. The van der Waals surface area contributed by atoms with Crippen LogP contribution in [0.15, 0.2) is 48.8 Å². The number of rotatable bonds is 7. The first-order chi connectivity index (χ1) is 22.6. The number of aromatic nitrogens is 2. The van der Waals surface area contributed by atoms with Crippen molar-refractivity contribution in [2.24, 2.45) is 0 Å². The fraction of sp³-hybridized carbons (Fsp3) is 0.471. The van der Waals surface area contributed by atoms with Crippen LogP contribution in [0.1, 0.15) is 42.2 Å². The topological polar surface area (TPSA) is 75.4 Å². The molecule has 5 heterocycles. The van der Waals surface area contributed by atoms with Crippen molar-refractivity contribution < 1.29 is 27.4 Å². The van der Waals surface area contributed by atoms with E-state index in [1.165, 1.54) is 4.90 Å². The minimum Gasteiger partial charge on any atom is -0.461 e. The number of carbonyl (C=O) groups is 1. The quantitative estimate of drug-likeness (QED) is 0.234. The summed E-state index contributed by atoms with van der Waals surface area (Å²) in [6, 6.07) is 11.2. The smallest absolute Gasteiger partial charge is 0.318 e. The third-order valence-corrected chi connectivity index (χ3v) is 10.2. The van der Waals surface area contributed by atoms with Crippen LogP contribution in [-0.2, 0) is 22.6 Å². The molecule has 3 aromatic rings. The highest BCUT2D eigenvalue weighted by atomic mass is 35.5. The molecule has 3 saturated heterocycles. The standard InChI is InChI=1S/C34H34ClF3N6O3/c1-21(36)31(45)44-13-12-42(16-23(44)15-39-2)30-25-17-46-28(24-8-3-6-22-7-4-9-26(35)29(22)24)14-27(25)40-32(41-30)47-20-33-10-5-11-43(33)19-34(37,38)18-33/h3-4,6-9,23,28H,1,5,10-20H2/t23-,28?,33?/m0/s1. The van der Waals surface area contributed by atoms with Gasteiger partial charge in [-0.1, -0.05) is 48.5 Å². The summed E-state index contributed by atoms with van der Waals surface area (Å²) in [4.78, 5) is 30.8. The molecule has 47 heavy (non-hydrogen) atoms. The number of ether oxygens (including phenoxy) is 2. The Morgan fingerprint density at radius 1 is 1.19 bits per heavy atom. The number of fused-ring (bicyclic) bond motifs is 3. The third kappa shape index (κ3) is 5.90. The van der Waals surface area contributed by atoms with Gasteiger partial charge in [-0.2, -0.15) is 9.97 Å². The molecule has 0 aliphatic carbocycles. The van der Waals surface area contributed by atoms with E-state index in [9.17, 15) is 18.0 Å². The van der Waals surface area contributed by atoms with Gasteiger partial charge in [0.1, 0.15) is 18.5 Å². The van der Waals surface area contributed by atoms with Gasteiger partial charge in [0.25, 0.3) is 11.8 Å². The van der Waals surface area contributed by atoms with Crippen molar-refractivity contribution in [1.29, 1.82) is 0 Å². The van der Waals surface area contributed by atoms with E-state index in [0.717, 1.165) is 28.3 Å². The Balaban J connectivity index is 1.23. The largest absolute Gasteiger partial charge is 0.461 e. The highest BCUT2D eigenvalue weighted by molar-refractivity contribution is 6.35. The van der Waals surface area contributed by atoms with Gasteiger partial charge in [-0.3, -0.25) is 9.69 Å². The van der Waals surface area contributed by atoms with Crippen LogP contribution in [-0.4, -0.2) is 89.1 Å². The number of nitrogens with zero attached hydrogens (tertiary/aromatic N) is 6. The number of alkyl halides is 2. The van der Waals surface area contributed by atoms with E-state index in [2.05, 4.69) is 11.4 Å². The molecule has 9 nitrogen and oxygen atoms in total. The lowest BCUT2D eigenvalue weighted by Gasteiger charge is -2.40. The molecule has 2 unspecified atom stereocenters. The van der Waals surface area contributed by atoms with Crippen molar-refractivity contribution in [2.75, 3.05) is 50.8 Å². The molecule has 4 aliphatic heterocycles. The molecule has 1 aromatic heterocycles. The molecule has 7 rings (SSSR count). The van der Waals surface area contributed by atoms with Crippen LogP contribution in [0.4, 0.5) is 19.0 Å². The van der Waals surface area contributed by atoms with Gasteiger partial charge in [0, 0.05) is 48.4 Å². The minimum absolute atomic E-state index is 0.0286. The molecule has 3 fully saturated rings. The van der Waals surface area contributed by atoms with Crippen LogP contribution in [0.25, 0.3) is 15.6 Å². The SMILES string of the molecule is [C-]#[N+]C[C@H]1CN(c2nc(OCC34CCCN3CC(F)(F)C4)nc3c2COC(c2cccc4cccc(Cl)c24)C3)CCN1C(=O)C(=C)F. The normalized spacial score (nSPS) is 25.3. The Labute approximate surface area is 275 Å². The lowest BCUT2D eigenvalue weighted by molar-refractivity contribution is -0.131. The van der Waals surface area contributed by atoms with Crippen LogP contribution < -0.4 is 9.64 Å². The van der Waals surface area contributed by atoms with Crippen molar-refractivity contribution in [3.8, 4) is 6.01 Å². The van der Waals surface area contributed by atoms with E-state index >= 15 is 0 Å². The van der Waals surface area contributed by atoms with Crippen LogP contribution in [0, 0.1) is 6.57 Å². The van der Waals surface area contributed by atoms with E-state index in [1.54, 1.807) is 0 Å². The van der Waals surface area contributed by atoms with E-state index in [1.807, 2.05) is 46.2 Å². The average Bonchev–Trinajstić information content (AvgIpc) is 3.54.